The summed E-state index contributed by atoms with van der Waals surface area (Å²) < 4.78 is 11.4. The fourth-order valence-corrected chi connectivity index (χ4v) is 2.70. The Balaban J connectivity index is 1.56. The van der Waals surface area contributed by atoms with Crippen LogP contribution in [0.3, 0.4) is 0 Å². The van der Waals surface area contributed by atoms with E-state index in [-0.39, 0.29) is 5.79 Å². The van der Waals surface area contributed by atoms with E-state index in [9.17, 15) is 0 Å². The summed E-state index contributed by atoms with van der Waals surface area (Å²) in [4.78, 5) is 2.51. The lowest BCUT2D eigenvalue weighted by molar-refractivity contribution is -0.185. The average molecular weight is 243 g/mol. The summed E-state index contributed by atoms with van der Waals surface area (Å²) in [7, 11) is 0. The molecule has 17 heavy (non-hydrogen) atoms. The molecule has 0 atom stereocenters. The van der Waals surface area contributed by atoms with Gasteiger partial charge in [-0.05, 0) is 19.4 Å². The van der Waals surface area contributed by atoms with Crippen LogP contribution < -0.4 is 0 Å². The normalized spacial score (nSPS) is 24.5. The number of rotatable bonds is 6. The van der Waals surface area contributed by atoms with Crippen molar-refractivity contribution in [2.45, 2.75) is 44.3 Å². The van der Waals surface area contributed by atoms with Gasteiger partial charge in [0.1, 0.15) is 0 Å². The van der Waals surface area contributed by atoms with Gasteiger partial charge in [0, 0.05) is 32.5 Å². The molecular weight excluding hydrogens is 218 g/mol. The molecule has 0 aromatic carbocycles. The maximum Gasteiger partial charge on any atom is 0.170 e. The molecule has 1 N–H and O–H groups in total. The zero-order chi connectivity index (χ0) is 12.0. The van der Waals surface area contributed by atoms with Crippen molar-refractivity contribution in [1.82, 2.24) is 4.90 Å². The summed E-state index contributed by atoms with van der Waals surface area (Å²) in [5, 5.41) is 8.69. The number of aliphatic hydroxyl groups excluding tert-OH is 1. The molecule has 0 saturated carbocycles. The molecule has 2 saturated heterocycles. The van der Waals surface area contributed by atoms with Crippen LogP contribution in [0.4, 0.5) is 0 Å². The second-order valence-electron chi connectivity index (χ2n) is 5.09. The van der Waals surface area contributed by atoms with Crippen LogP contribution in [0, 0.1) is 0 Å². The first kappa shape index (κ1) is 13.3. The molecule has 0 radical (unpaired) electrons. The van der Waals surface area contributed by atoms with Gasteiger partial charge in [0.25, 0.3) is 0 Å². The van der Waals surface area contributed by atoms with Crippen LogP contribution in [0.15, 0.2) is 0 Å². The van der Waals surface area contributed by atoms with Crippen molar-refractivity contribution in [2.75, 3.05) is 39.5 Å². The van der Waals surface area contributed by atoms with Gasteiger partial charge in [-0.25, -0.2) is 0 Å². The molecule has 2 rings (SSSR count). The topological polar surface area (TPSA) is 41.9 Å². The Labute approximate surface area is 104 Å². The minimum atomic E-state index is -0.229. The maximum absolute atomic E-state index is 8.69. The molecule has 0 bridgehead atoms. The lowest BCUT2D eigenvalue weighted by Crippen LogP contribution is -2.45. The van der Waals surface area contributed by atoms with Crippen LogP contribution in [-0.2, 0) is 9.47 Å². The lowest BCUT2D eigenvalue weighted by Gasteiger charge is -2.37. The first-order chi connectivity index (χ1) is 8.35. The Morgan fingerprint density at radius 1 is 0.941 bits per heavy atom. The molecule has 4 nitrogen and oxygen atoms in total. The number of likely N-dealkylation sites (tertiary alicyclic amines) is 1. The summed E-state index contributed by atoms with van der Waals surface area (Å²) in [6, 6.07) is 0. The Morgan fingerprint density at radius 3 is 2.24 bits per heavy atom. The van der Waals surface area contributed by atoms with Crippen LogP contribution in [0.25, 0.3) is 0 Å². The van der Waals surface area contributed by atoms with E-state index in [1.165, 1.54) is 19.4 Å². The van der Waals surface area contributed by atoms with Crippen molar-refractivity contribution in [3.8, 4) is 0 Å². The number of ether oxygens (including phenoxy) is 2. The number of aliphatic hydroxyl groups is 1. The SMILES string of the molecule is OCCCCCCN1CCC2(CC1)OCCO2. The van der Waals surface area contributed by atoms with Gasteiger partial charge in [-0.1, -0.05) is 12.8 Å². The highest BCUT2D eigenvalue weighted by molar-refractivity contribution is 4.82. The van der Waals surface area contributed by atoms with Gasteiger partial charge in [0.15, 0.2) is 5.79 Å². The molecule has 2 aliphatic rings. The van der Waals surface area contributed by atoms with Crippen LogP contribution in [-0.4, -0.2) is 55.2 Å². The van der Waals surface area contributed by atoms with E-state index in [4.69, 9.17) is 14.6 Å². The predicted molar refractivity (Wildman–Crippen MR) is 65.9 cm³/mol. The smallest absolute Gasteiger partial charge is 0.170 e. The first-order valence-corrected chi connectivity index (χ1v) is 6.96. The third kappa shape index (κ3) is 3.91. The molecular formula is C13H25NO3. The van der Waals surface area contributed by atoms with Gasteiger partial charge >= 0.3 is 0 Å². The van der Waals surface area contributed by atoms with E-state index in [2.05, 4.69) is 4.90 Å². The predicted octanol–water partition coefficient (Wildman–Crippen LogP) is 1.38. The minimum absolute atomic E-state index is 0.229. The maximum atomic E-state index is 8.69. The second kappa shape index (κ2) is 6.69. The number of piperidine rings is 1. The summed E-state index contributed by atoms with van der Waals surface area (Å²) in [6.45, 7) is 5.24. The highest BCUT2D eigenvalue weighted by Gasteiger charge is 2.39. The number of hydrogen-bond acceptors (Lipinski definition) is 4. The molecule has 0 aromatic heterocycles. The van der Waals surface area contributed by atoms with Crippen LogP contribution in [0.2, 0.25) is 0 Å². The highest BCUT2D eigenvalue weighted by atomic mass is 16.7. The third-order valence-corrected chi connectivity index (χ3v) is 3.81. The molecule has 1 spiro atoms. The van der Waals surface area contributed by atoms with E-state index in [1.54, 1.807) is 0 Å². The molecule has 2 heterocycles. The fraction of sp³-hybridized carbons (Fsp3) is 1.00. The zero-order valence-corrected chi connectivity index (χ0v) is 10.7. The van der Waals surface area contributed by atoms with Crippen LogP contribution in [0.1, 0.15) is 38.5 Å². The standard InChI is InChI=1S/C13H25NO3/c15-10-4-2-1-3-7-14-8-5-13(6-9-14)16-11-12-17-13/h15H,1-12H2. The van der Waals surface area contributed by atoms with Gasteiger partial charge in [-0.15, -0.1) is 0 Å². The number of hydrogen-bond donors (Lipinski definition) is 1. The highest BCUT2D eigenvalue weighted by Crippen LogP contribution is 2.31. The average Bonchev–Trinajstić information content (AvgIpc) is 2.80. The van der Waals surface area contributed by atoms with Crippen molar-refractivity contribution in [3.05, 3.63) is 0 Å². The molecule has 0 amide bonds. The Morgan fingerprint density at radius 2 is 1.59 bits per heavy atom. The quantitative estimate of drug-likeness (QED) is 0.716. The molecule has 2 aliphatic heterocycles. The summed E-state index contributed by atoms with van der Waals surface area (Å²) in [6.07, 6.45) is 6.61. The van der Waals surface area contributed by atoms with Crippen LogP contribution in [0.5, 0.6) is 0 Å². The lowest BCUT2D eigenvalue weighted by atomic mass is 10.0. The van der Waals surface area contributed by atoms with Crippen molar-refractivity contribution >= 4 is 0 Å². The Bertz CT molecular complexity index is 207. The van der Waals surface area contributed by atoms with Crippen molar-refractivity contribution < 1.29 is 14.6 Å². The number of unbranched alkanes of at least 4 members (excludes halogenated alkanes) is 3. The van der Waals surface area contributed by atoms with Crippen molar-refractivity contribution in [1.29, 1.82) is 0 Å². The molecule has 0 aromatic rings. The zero-order valence-electron chi connectivity index (χ0n) is 10.7. The van der Waals surface area contributed by atoms with E-state index in [0.29, 0.717) is 6.61 Å². The van der Waals surface area contributed by atoms with Gasteiger partial charge < -0.3 is 19.5 Å². The van der Waals surface area contributed by atoms with E-state index >= 15 is 0 Å². The number of nitrogens with zero attached hydrogens (tertiary/aromatic N) is 1. The Kier molecular flexibility index (Phi) is 5.22. The third-order valence-electron chi connectivity index (χ3n) is 3.81. The van der Waals surface area contributed by atoms with Gasteiger partial charge in [0.05, 0.1) is 13.2 Å². The Hall–Kier alpha value is -0.160. The van der Waals surface area contributed by atoms with Crippen molar-refractivity contribution in [3.63, 3.8) is 0 Å². The minimum Gasteiger partial charge on any atom is -0.396 e. The van der Waals surface area contributed by atoms with E-state index < -0.39 is 0 Å². The van der Waals surface area contributed by atoms with Gasteiger partial charge in [-0.2, -0.15) is 0 Å². The molecule has 100 valence electrons. The molecule has 0 aliphatic carbocycles. The van der Waals surface area contributed by atoms with Gasteiger partial charge in [-0.3, -0.25) is 0 Å². The summed E-state index contributed by atoms with van der Waals surface area (Å²) in [5.74, 6) is -0.229. The first-order valence-electron chi connectivity index (χ1n) is 6.96. The van der Waals surface area contributed by atoms with Crippen LogP contribution >= 0.6 is 0 Å². The molecule has 4 heteroatoms. The summed E-state index contributed by atoms with van der Waals surface area (Å²) >= 11 is 0. The van der Waals surface area contributed by atoms with Gasteiger partial charge in [0.2, 0.25) is 0 Å². The summed E-state index contributed by atoms with van der Waals surface area (Å²) in [5.41, 5.74) is 0. The second-order valence-corrected chi connectivity index (χ2v) is 5.09. The van der Waals surface area contributed by atoms with E-state index in [1.807, 2.05) is 0 Å². The fourth-order valence-electron chi connectivity index (χ4n) is 2.70. The molecule has 0 unspecified atom stereocenters. The van der Waals surface area contributed by atoms with E-state index in [0.717, 1.165) is 52.0 Å². The molecule has 2 fully saturated rings. The largest absolute Gasteiger partial charge is 0.396 e. The van der Waals surface area contributed by atoms with Crippen molar-refractivity contribution in [2.24, 2.45) is 0 Å². The monoisotopic (exact) mass is 243 g/mol.